The number of para-hydroxylation sites is 1. The summed E-state index contributed by atoms with van der Waals surface area (Å²) < 4.78 is 18.4. The van der Waals surface area contributed by atoms with E-state index in [1.807, 2.05) is 18.2 Å². The third kappa shape index (κ3) is 4.00. The minimum absolute atomic E-state index is 0.0607. The Balaban J connectivity index is 1.48. The van der Waals surface area contributed by atoms with Gasteiger partial charge in [-0.15, -0.1) is 0 Å². The van der Waals surface area contributed by atoms with Crippen LogP contribution in [0.4, 0.5) is 10.1 Å². The Morgan fingerprint density at radius 2 is 1.74 bits per heavy atom. The van der Waals surface area contributed by atoms with E-state index in [0.29, 0.717) is 18.8 Å². The lowest BCUT2D eigenvalue weighted by Gasteiger charge is -2.36. The van der Waals surface area contributed by atoms with Gasteiger partial charge >= 0.3 is 0 Å². The molecule has 2 aromatic carbocycles. The molecule has 5 heteroatoms. The molecule has 3 rings (SSSR count). The van der Waals surface area contributed by atoms with Gasteiger partial charge in [0.15, 0.2) is 6.61 Å². The molecule has 120 valence electrons. The lowest BCUT2D eigenvalue weighted by molar-refractivity contribution is -0.133. The number of ether oxygens (including phenoxy) is 1. The van der Waals surface area contributed by atoms with Crippen LogP contribution < -0.4 is 9.64 Å². The largest absolute Gasteiger partial charge is 0.484 e. The van der Waals surface area contributed by atoms with Crippen molar-refractivity contribution in [3.63, 3.8) is 0 Å². The Morgan fingerprint density at radius 3 is 2.43 bits per heavy atom. The Morgan fingerprint density at radius 1 is 1.00 bits per heavy atom. The van der Waals surface area contributed by atoms with Gasteiger partial charge in [0.25, 0.3) is 5.91 Å². The van der Waals surface area contributed by atoms with Gasteiger partial charge in [-0.05, 0) is 24.3 Å². The van der Waals surface area contributed by atoms with Crippen molar-refractivity contribution < 1.29 is 13.9 Å². The summed E-state index contributed by atoms with van der Waals surface area (Å²) in [7, 11) is 0. The minimum atomic E-state index is -0.369. The number of hydrogen-bond donors (Lipinski definition) is 0. The van der Waals surface area contributed by atoms with Crippen molar-refractivity contribution >= 4 is 11.6 Å². The van der Waals surface area contributed by atoms with Crippen molar-refractivity contribution in [1.82, 2.24) is 4.90 Å². The molecule has 0 spiro atoms. The molecule has 2 aromatic rings. The predicted molar refractivity (Wildman–Crippen MR) is 87.1 cm³/mol. The van der Waals surface area contributed by atoms with Crippen LogP contribution in [0, 0.1) is 5.82 Å². The highest BCUT2D eigenvalue weighted by Gasteiger charge is 2.21. The van der Waals surface area contributed by atoms with Gasteiger partial charge in [-0.25, -0.2) is 4.39 Å². The first kappa shape index (κ1) is 15.3. The molecule has 1 fully saturated rings. The Kier molecular flexibility index (Phi) is 4.76. The third-order valence-corrected chi connectivity index (χ3v) is 3.91. The third-order valence-electron chi connectivity index (χ3n) is 3.91. The maximum atomic E-state index is 13.1. The summed E-state index contributed by atoms with van der Waals surface area (Å²) in [6.45, 7) is 2.88. The summed E-state index contributed by atoms with van der Waals surface area (Å²) in [4.78, 5) is 16.2. The smallest absolute Gasteiger partial charge is 0.260 e. The molecule has 0 aliphatic carbocycles. The monoisotopic (exact) mass is 314 g/mol. The number of benzene rings is 2. The molecule has 0 saturated carbocycles. The number of hydrogen-bond acceptors (Lipinski definition) is 3. The fourth-order valence-electron chi connectivity index (χ4n) is 2.65. The Hall–Kier alpha value is -2.56. The molecule has 0 bridgehead atoms. The van der Waals surface area contributed by atoms with Crippen LogP contribution in [-0.2, 0) is 4.79 Å². The maximum absolute atomic E-state index is 13.1. The standard InChI is InChI=1S/C18H19FN2O2/c19-15-5-4-8-17(13-15)23-14-18(22)21-11-9-20(10-12-21)16-6-2-1-3-7-16/h1-8,13H,9-12,14H2. The number of piperazine rings is 1. The number of nitrogens with zero attached hydrogens (tertiary/aromatic N) is 2. The number of carbonyl (C=O) groups excluding carboxylic acids is 1. The lowest BCUT2D eigenvalue weighted by Crippen LogP contribution is -2.50. The van der Waals surface area contributed by atoms with Crippen molar-refractivity contribution in [1.29, 1.82) is 0 Å². The van der Waals surface area contributed by atoms with Crippen LogP contribution in [0.1, 0.15) is 0 Å². The van der Waals surface area contributed by atoms with Crippen molar-refractivity contribution in [3.05, 3.63) is 60.4 Å². The van der Waals surface area contributed by atoms with E-state index in [0.717, 1.165) is 13.1 Å². The molecule has 0 radical (unpaired) electrons. The summed E-state index contributed by atoms with van der Waals surface area (Å²) >= 11 is 0. The van der Waals surface area contributed by atoms with Gasteiger partial charge in [0.2, 0.25) is 0 Å². The van der Waals surface area contributed by atoms with Crippen LogP contribution >= 0.6 is 0 Å². The van der Waals surface area contributed by atoms with Gasteiger partial charge in [0.05, 0.1) is 0 Å². The highest BCUT2D eigenvalue weighted by Crippen LogP contribution is 2.16. The highest BCUT2D eigenvalue weighted by molar-refractivity contribution is 5.78. The number of amides is 1. The summed E-state index contributed by atoms with van der Waals surface area (Å²) in [5.41, 5.74) is 1.18. The average molecular weight is 314 g/mol. The summed E-state index contributed by atoms with van der Waals surface area (Å²) in [6, 6.07) is 16.0. The van der Waals surface area contributed by atoms with E-state index in [4.69, 9.17) is 4.74 Å². The quantitative estimate of drug-likeness (QED) is 0.869. The second-order valence-corrected chi connectivity index (χ2v) is 5.45. The second-order valence-electron chi connectivity index (χ2n) is 5.45. The first-order valence-corrected chi connectivity index (χ1v) is 7.68. The lowest BCUT2D eigenvalue weighted by atomic mass is 10.2. The van der Waals surface area contributed by atoms with Gasteiger partial charge in [0, 0.05) is 37.9 Å². The molecule has 1 aliphatic heterocycles. The van der Waals surface area contributed by atoms with E-state index in [9.17, 15) is 9.18 Å². The van der Waals surface area contributed by atoms with Gasteiger partial charge in [0.1, 0.15) is 11.6 Å². The van der Waals surface area contributed by atoms with E-state index in [1.165, 1.54) is 17.8 Å². The zero-order valence-electron chi connectivity index (χ0n) is 12.8. The molecule has 23 heavy (non-hydrogen) atoms. The van der Waals surface area contributed by atoms with Crippen LogP contribution in [-0.4, -0.2) is 43.6 Å². The van der Waals surface area contributed by atoms with E-state index in [1.54, 1.807) is 17.0 Å². The molecule has 1 amide bonds. The molecule has 4 nitrogen and oxygen atoms in total. The first-order chi connectivity index (χ1) is 11.2. The van der Waals surface area contributed by atoms with Crippen LogP contribution in [0.3, 0.4) is 0 Å². The minimum Gasteiger partial charge on any atom is -0.484 e. The molecule has 0 N–H and O–H groups in total. The highest BCUT2D eigenvalue weighted by atomic mass is 19.1. The topological polar surface area (TPSA) is 32.8 Å². The zero-order chi connectivity index (χ0) is 16.1. The Bertz CT molecular complexity index is 655. The Labute approximate surface area is 135 Å². The molecular weight excluding hydrogens is 295 g/mol. The number of carbonyl (C=O) groups is 1. The fraction of sp³-hybridized carbons (Fsp3) is 0.278. The van der Waals surface area contributed by atoms with Gasteiger partial charge in [-0.2, -0.15) is 0 Å². The van der Waals surface area contributed by atoms with Crippen LogP contribution in [0.15, 0.2) is 54.6 Å². The van der Waals surface area contributed by atoms with E-state index in [2.05, 4.69) is 17.0 Å². The van der Waals surface area contributed by atoms with Gasteiger partial charge < -0.3 is 14.5 Å². The molecule has 0 aromatic heterocycles. The molecule has 0 unspecified atom stereocenters. The molecule has 1 aliphatic rings. The van der Waals surface area contributed by atoms with Gasteiger partial charge in [-0.1, -0.05) is 24.3 Å². The first-order valence-electron chi connectivity index (χ1n) is 7.68. The number of anilines is 1. The fourth-order valence-corrected chi connectivity index (χ4v) is 2.65. The van der Waals surface area contributed by atoms with Crippen molar-refractivity contribution in [2.24, 2.45) is 0 Å². The second kappa shape index (κ2) is 7.13. The van der Waals surface area contributed by atoms with Crippen LogP contribution in [0.2, 0.25) is 0 Å². The normalized spacial score (nSPS) is 14.7. The molecule has 1 heterocycles. The molecular formula is C18H19FN2O2. The van der Waals surface area contributed by atoms with Crippen molar-refractivity contribution in [2.75, 3.05) is 37.7 Å². The number of halogens is 1. The zero-order valence-corrected chi connectivity index (χ0v) is 12.8. The van der Waals surface area contributed by atoms with Crippen LogP contribution in [0.25, 0.3) is 0 Å². The SMILES string of the molecule is O=C(COc1cccc(F)c1)N1CCN(c2ccccc2)CC1. The predicted octanol–water partition coefficient (Wildman–Crippen LogP) is 2.55. The summed E-state index contributed by atoms with van der Waals surface area (Å²) in [5.74, 6) is -0.0605. The van der Waals surface area contributed by atoms with Crippen LogP contribution in [0.5, 0.6) is 5.75 Å². The van der Waals surface area contributed by atoms with Gasteiger partial charge in [-0.3, -0.25) is 4.79 Å². The number of rotatable bonds is 4. The van der Waals surface area contributed by atoms with Crippen molar-refractivity contribution in [2.45, 2.75) is 0 Å². The average Bonchev–Trinajstić information content (AvgIpc) is 2.61. The molecule has 1 saturated heterocycles. The molecule has 0 atom stereocenters. The van der Waals surface area contributed by atoms with E-state index >= 15 is 0 Å². The summed E-state index contributed by atoms with van der Waals surface area (Å²) in [6.07, 6.45) is 0. The summed E-state index contributed by atoms with van der Waals surface area (Å²) in [5, 5.41) is 0. The van der Waals surface area contributed by atoms with E-state index < -0.39 is 0 Å². The maximum Gasteiger partial charge on any atom is 0.260 e. The van der Waals surface area contributed by atoms with E-state index in [-0.39, 0.29) is 18.3 Å². The van der Waals surface area contributed by atoms with Crippen molar-refractivity contribution in [3.8, 4) is 5.75 Å².